The van der Waals surface area contributed by atoms with Gasteiger partial charge in [0.15, 0.2) is 5.13 Å². The standard InChI is InChI=1S/C24H14ClN3O3S/c25-19-11-4-3-10-18(19)20-13-32-24(26-20)27-21(29)14-6-5-7-15(12-14)28-22(30)16-8-1-2-9-17(16)23(28)31/h1-13H,(H,26,27,29). The quantitative estimate of drug-likeness (QED) is 0.408. The number of aromatic nitrogens is 1. The largest absolute Gasteiger partial charge is 0.298 e. The van der Waals surface area contributed by atoms with Gasteiger partial charge in [0.05, 0.1) is 22.5 Å². The Morgan fingerprint density at radius 1 is 0.875 bits per heavy atom. The molecular weight excluding hydrogens is 446 g/mol. The highest BCUT2D eigenvalue weighted by Gasteiger charge is 2.36. The van der Waals surface area contributed by atoms with Crippen LogP contribution in [0.3, 0.4) is 0 Å². The number of halogens is 1. The number of fused-ring (bicyclic) bond motifs is 1. The number of nitrogens with zero attached hydrogens (tertiary/aromatic N) is 2. The molecule has 0 radical (unpaired) electrons. The number of rotatable bonds is 4. The lowest BCUT2D eigenvalue weighted by Crippen LogP contribution is -2.29. The van der Waals surface area contributed by atoms with Crippen LogP contribution in [0.1, 0.15) is 31.1 Å². The highest BCUT2D eigenvalue weighted by molar-refractivity contribution is 7.14. The van der Waals surface area contributed by atoms with Crippen molar-refractivity contribution in [2.75, 3.05) is 10.2 Å². The molecule has 3 aromatic carbocycles. The van der Waals surface area contributed by atoms with Gasteiger partial charge in [-0.3, -0.25) is 19.7 Å². The molecule has 0 aliphatic carbocycles. The molecule has 8 heteroatoms. The van der Waals surface area contributed by atoms with Crippen LogP contribution >= 0.6 is 22.9 Å². The van der Waals surface area contributed by atoms with E-state index >= 15 is 0 Å². The molecule has 6 nitrogen and oxygen atoms in total. The molecule has 1 aliphatic heterocycles. The first-order chi connectivity index (χ1) is 15.5. The summed E-state index contributed by atoms with van der Waals surface area (Å²) in [6, 6.07) is 20.4. The molecule has 1 aliphatic rings. The smallest absolute Gasteiger partial charge is 0.266 e. The third-order valence-electron chi connectivity index (χ3n) is 5.04. The van der Waals surface area contributed by atoms with Gasteiger partial charge in [-0.1, -0.05) is 48.0 Å². The Morgan fingerprint density at radius 2 is 1.53 bits per heavy atom. The van der Waals surface area contributed by atoms with E-state index in [-0.39, 0.29) is 0 Å². The van der Waals surface area contributed by atoms with Crippen molar-refractivity contribution in [3.05, 3.63) is 99.9 Å². The van der Waals surface area contributed by atoms with Gasteiger partial charge >= 0.3 is 0 Å². The number of carbonyl (C=O) groups excluding carboxylic acids is 3. The first-order valence-corrected chi connectivity index (χ1v) is 10.9. The van der Waals surface area contributed by atoms with Crippen molar-refractivity contribution < 1.29 is 14.4 Å². The second kappa shape index (κ2) is 8.03. The minimum atomic E-state index is -0.410. The summed E-state index contributed by atoms with van der Waals surface area (Å²) >= 11 is 7.50. The van der Waals surface area contributed by atoms with Gasteiger partial charge in [0, 0.05) is 21.5 Å². The zero-order valence-electron chi connectivity index (χ0n) is 16.4. The van der Waals surface area contributed by atoms with E-state index in [1.54, 1.807) is 48.5 Å². The molecule has 0 unspecified atom stereocenters. The van der Waals surface area contributed by atoms with Gasteiger partial charge in [0.25, 0.3) is 17.7 Å². The Balaban J connectivity index is 1.38. The maximum atomic E-state index is 12.8. The van der Waals surface area contributed by atoms with Crippen LogP contribution in [0.4, 0.5) is 10.8 Å². The third kappa shape index (κ3) is 3.47. The van der Waals surface area contributed by atoms with Gasteiger partial charge in [-0.25, -0.2) is 9.88 Å². The second-order valence-corrected chi connectivity index (χ2v) is 8.28. The van der Waals surface area contributed by atoms with Crippen LogP contribution < -0.4 is 10.2 Å². The molecule has 5 rings (SSSR count). The lowest BCUT2D eigenvalue weighted by molar-refractivity contribution is 0.0924. The van der Waals surface area contributed by atoms with E-state index in [9.17, 15) is 14.4 Å². The van der Waals surface area contributed by atoms with E-state index in [1.165, 1.54) is 17.4 Å². The molecular formula is C24H14ClN3O3S. The predicted molar refractivity (Wildman–Crippen MR) is 125 cm³/mol. The summed E-state index contributed by atoms with van der Waals surface area (Å²) in [5.41, 5.74) is 2.77. The molecule has 0 spiro atoms. The first-order valence-electron chi connectivity index (χ1n) is 9.62. The minimum absolute atomic E-state index is 0.300. The summed E-state index contributed by atoms with van der Waals surface area (Å²) in [6.45, 7) is 0. The highest BCUT2D eigenvalue weighted by Crippen LogP contribution is 2.31. The number of amides is 3. The number of carbonyl (C=O) groups is 3. The monoisotopic (exact) mass is 459 g/mol. The van der Waals surface area contributed by atoms with Crippen molar-refractivity contribution in [3.8, 4) is 11.3 Å². The summed E-state index contributed by atoms with van der Waals surface area (Å²) in [6.07, 6.45) is 0. The Kier molecular flexibility index (Phi) is 5.05. The van der Waals surface area contributed by atoms with E-state index in [4.69, 9.17) is 11.6 Å². The van der Waals surface area contributed by atoms with Crippen molar-refractivity contribution in [2.24, 2.45) is 0 Å². The topological polar surface area (TPSA) is 79.4 Å². The summed E-state index contributed by atoms with van der Waals surface area (Å²) in [5.74, 6) is -1.22. The fourth-order valence-corrected chi connectivity index (χ4v) is 4.44. The van der Waals surface area contributed by atoms with E-state index < -0.39 is 17.7 Å². The van der Waals surface area contributed by atoms with Gasteiger partial charge in [-0.15, -0.1) is 11.3 Å². The molecule has 0 bridgehead atoms. The maximum Gasteiger partial charge on any atom is 0.266 e. The van der Waals surface area contributed by atoms with E-state index in [2.05, 4.69) is 10.3 Å². The number of imide groups is 1. The van der Waals surface area contributed by atoms with Crippen LogP contribution in [-0.4, -0.2) is 22.7 Å². The zero-order valence-corrected chi connectivity index (χ0v) is 18.0. The average Bonchev–Trinajstić information content (AvgIpc) is 3.37. The highest BCUT2D eigenvalue weighted by atomic mass is 35.5. The van der Waals surface area contributed by atoms with Crippen molar-refractivity contribution in [3.63, 3.8) is 0 Å². The number of anilines is 2. The Hall–Kier alpha value is -3.81. The van der Waals surface area contributed by atoms with Crippen molar-refractivity contribution in [2.45, 2.75) is 0 Å². The predicted octanol–water partition coefficient (Wildman–Crippen LogP) is 5.52. The summed E-state index contributed by atoms with van der Waals surface area (Å²) < 4.78 is 0. The Bertz CT molecular complexity index is 1360. The van der Waals surface area contributed by atoms with Crippen LogP contribution in [0.2, 0.25) is 5.02 Å². The van der Waals surface area contributed by atoms with Gasteiger partial charge in [-0.05, 0) is 36.4 Å². The molecule has 1 aromatic heterocycles. The van der Waals surface area contributed by atoms with Gasteiger partial charge in [0.1, 0.15) is 0 Å². The lowest BCUT2D eigenvalue weighted by atomic mass is 10.1. The Morgan fingerprint density at radius 3 is 2.22 bits per heavy atom. The number of thiazole rings is 1. The normalized spacial score (nSPS) is 12.7. The Labute approximate surface area is 192 Å². The summed E-state index contributed by atoms with van der Waals surface area (Å²) in [7, 11) is 0. The average molecular weight is 460 g/mol. The first kappa shape index (κ1) is 20.1. The van der Waals surface area contributed by atoms with Crippen LogP contribution in [0, 0.1) is 0 Å². The van der Waals surface area contributed by atoms with Gasteiger partial charge in [-0.2, -0.15) is 0 Å². The van der Waals surface area contributed by atoms with E-state index in [0.29, 0.717) is 38.2 Å². The van der Waals surface area contributed by atoms with Gasteiger partial charge < -0.3 is 0 Å². The van der Waals surface area contributed by atoms with Crippen molar-refractivity contribution >= 4 is 51.5 Å². The van der Waals surface area contributed by atoms with Gasteiger partial charge in [0.2, 0.25) is 0 Å². The summed E-state index contributed by atoms with van der Waals surface area (Å²) in [4.78, 5) is 43.8. The van der Waals surface area contributed by atoms with Crippen molar-refractivity contribution in [1.82, 2.24) is 4.98 Å². The zero-order chi connectivity index (χ0) is 22.2. The minimum Gasteiger partial charge on any atom is -0.298 e. The fraction of sp³-hybridized carbons (Fsp3) is 0. The fourth-order valence-electron chi connectivity index (χ4n) is 3.50. The van der Waals surface area contributed by atoms with Crippen LogP contribution in [0.5, 0.6) is 0 Å². The molecule has 3 amide bonds. The number of nitrogens with one attached hydrogen (secondary N) is 1. The molecule has 0 atom stereocenters. The molecule has 0 saturated carbocycles. The molecule has 32 heavy (non-hydrogen) atoms. The number of hydrogen-bond donors (Lipinski definition) is 1. The van der Waals surface area contributed by atoms with Crippen LogP contribution in [0.25, 0.3) is 11.3 Å². The number of benzene rings is 3. The number of hydrogen-bond acceptors (Lipinski definition) is 5. The third-order valence-corrected chi connectivity index (χ3v) is 6.12. The molecule has 1 N–H and O–H groups in total. The SMILES string of the molecule is O=C(Nc1nc(-c2ccccc2Cl)cs1)c1cccc(N2C(=O)c3ccccc3C2=O)c1. The molecule has 0 fully saturated rings. The molecule has 156 valence electrons. The van der Waals surface area contributed by atoms with E-state index in [0.717, 1.165) is 10.5 Å². The maximum absolute atomic E-state index is 12.8. The molecule has 2 heterocycles. The lowest BCUT2D eigenvalue weighted by Gasteiger charge is -2.14. The molecule has 0 saturated heterocycles. The second-order valence-electron chi connectivity index (χ2n) is 7.01. The molecule has 4 aromatic rings. The van der Waals surface area contributed by atoms with Crippen LogP contribution in [0.15, 0.2) is 78.2 Å². The summed E-state index contributed by atoms with van der Waals surface area (Å²) in [5, 5.41) is 5.56. The van der Waals surface area contributed by atoms with E-state index in [1.807, 2.05) is 23.6 Å². The van der Waals surface area contributed by atoms with Crippen molar-refractivity contribution in [1.29, 1.82) is 0 Å². The van der Waals surface area contributed by atoms with Crippen LogP contribution in [-0.2, 0) is 0 Å².